The highest BCUT2D eigenvalue weighted by atomic mass is 16.5. The number of amides is 1. The van der Waals surface area contributed by atoms with E-state index >= 15 is 0 Å². The fourth-order valence-corrected chi connectivity index (χ4v) is 2.68. The Morgan fingerprint density at radius 2 is 2.12 bits per heavy atom. The van der Waals surface area contributed by atoms with Crippen LogP contribution in [0.1, 0.15) is 56.7 Å². The number of H-pyrrole nitrogens is 1. The molecule has 2 N–H and O–H groups in total. The molecule has 1 aromatic carbocycles. The summed E-state index contributed by atoms with van der Waals surface area (Å²) in [6.07, 6.45) is 3.51. The number of nitrogens with zero attached hydrogens (tertiary/aromatic N) is 3. The van der Waals surface area contributed by atoms with E-state index in [1.54, 1.807) is 0 Å². The maximum atomic E-state index is 12.1. The lowest BCUT2D eigenvalue weighted by Gasteiger charge is -2.10. The van der Waals surface area contributed by atoms with Crippen LogP contribution in [0.3, 0.4) is 0 Å². The van der Waals surface area contributed by atoms with Crippen LogP contribution in [-0.2, 0) is 17.6 Å². The summed E-state index contributed by atoms with van der Waals surface area (Å²) in [6.45, 7) is 3.99. The van der Waals surface area contributed by atoms with Crippen LogP contribution < -0.4 is 5.32 Å². The third-order valence-electron chi connectivity index (χ3n) is 3.97. The summed E-state index contributed by atoms with van der Waals surface area (Å²) in [4.78, 5) is 24.2. The van der Waals surface area contributed by atoms with E-state index in [2.05, 4.69) is 32.3 Å². The SMILES string of the molecule is CCCc1noc(CCCC(=O)NC(C)c2nc3ccccc3[nH]2)n1. The van der Waals surface area contributed by atoms with Crippen molar-refractivity contribution in [1.29, 1.82) is 0 Å². The molecule has 2 heterocycles. The Labute approximate surface area is 146 Å². The fraction of sp³-hybridized carbons (Fsp3) is 0.444. The van der Waals surface area contributed by atoms with Crippen molar-refractivity contribution in [2.24, 2.45) is 0 Å². The van der Waals surface area contributed by atoms with E-state index in [-0.39, 0.29) is 11.9 Å². The van der Waals surface area contributed by atoms with Gasteiger partial charge in [0, 0.05) is 19.3 Å². The van der Waals surface area contributed by atoms with E-state index < -0.39 is 0 Å². The molecule has 0 spiro atoms. The highest BCUT2D eigenvalue weighted by Gasteiger charge is 2.14. The van der Waals surface area contributed by atoms with Gasteiger partial charge in [-0.3, -0.25) is 4.79 Å². The lowest BCUT2D eigenvalue weighted by Crippen LogP contribution is -2.27. The molecule has 0 saturated heterocycles. The number of carbonyl (C=O) groups is 1. The third-order valence-corrected chi connectivity index (χ3v) is 3.97. The minimum atomic E-state index is -0.167. The molecule has 0 radical (unpaired) electrons. The molecule has 7 nitrogen and oxygen atoms in total. The quantitative estimate of drug-likeness (QED) is 0.656. The molecule has 3 aromatic rings. The standard InChI is InChI=1S/C18H23N5O2/c1-3-7-15-22-17(25-23-15)11-6-10-16(24)19-12(2)18-20-13-8-4-5-9-14(13)21-18/h4-5,8-9,12H,3,6-7,10-11H2,1-2H3,(H,19,24)(H,20,21). The molecule has 1 unspecified atom stereocenters. The molecule has 1 atom stereocenters. The van der Waals surface area contributed by atoms with Crippen LogP contribution >= 0.6 is 0 Å². The first-order valence-electron chi connectivity index (χ1n) is 8.71. The van der Waals surface area contributed by atoms with Crippen LogP contribution in [0.25, 0.3) is 11.0 Å². The molecule has 0 aliphatic carbocycles. The molecule has 0 aliphatic heterocycles. The maximum absolute atomic E-state index is 12.1. The number of para-hydroxylation sites is 2. The van der Waals surface area contributed by atoms with E-state index in [1.807, 2.05) is 31.2 Å². The number of nitrogens with one attached hydrogen (secondary N) is 2. The second kappa shape index (κ2) is 7.92. The van der Waals surface area contributed by atoms with Gasteiger partial charge in [-0.15, -0.1) is 0 Å². The van der Waals surface area contributed by atoms with Gasteiger partial charge >= 0.3 is 0 Å². The van der Waals surface area contributed by atoms with Crippen molar-refractivity contribution in [2.45, 2.75) is 52.0 Å². The van der Waals surface area contributed by atoms with Crippen molar-refractivity contribution in [1.82, 2.24) is 25.4 Å². The summed E-state index contributed by atoms with van der Waals surface area (Å²) >= 11 is 0. The lowest BCUT2D eigenvalue weighted by molar-refractivity contribution is -0.121. The zero-order valence-electron chi connectivity index (χ0n) is 14.6. The van der Waals surface area contributed by atoms with E-state index in [1.165, 1.54) is 0 Å². The molecule has 3 rings (SSSR count). The minimum Gasteiger partial charge on any atom is -0.346 e. The van der Waals surface area contributed by atoms with Crippen molar-refractivity contribution >= 4 is 16.9 Å². The average Bonchev–Trinajstić information content (AvgIpc) is 3.22. The summed E-state index contributed by atoms with van der Waals surface area (Å²) in [5, 5.41) is 6.88. The molecule has 0 aliphatic rings. The van der Waals surface area contributed by atoms with Crippen molar-refractivity contribution in [3.8, 4) is 0 Å². The Morgan fingerprint density at radius 1 is 1.28 bits per heavy atom. The zero-order valence-corrected chi connectivity index (χ0v) is 14.6. The van der Waals surface area contributed by atoms with Crippen LogP contribution in [-0.4, -0.2) is 26.0 Å². The van der Waals surface area contributed by atoms with E-state index in [9.17, 15) is 4.79 Å². The van der Waals surface area contributed by atoms with E-state index in [0.717, 1.165) is 35.5 Å². The van der Waals surface area contributed by atoms with Gasteiger partial charge in [0.05, 0.1) is 17.1 Å². The number of aryl methyl sites for hydroxylation is 2. The van der Waals surface area contributed by atoms with Crippen molar-refractivity contribution in [3.05, 3.63) is 41.8 Å². The Hall–Kier alpha value is -2.70. The van der Waals surface area contributed by atoms with Gasteiger partial charge in [-0.25, -0.2) is 4.98 Å². The number of fused-ring (bicyclic) bond motifs is 1. The second-order valence-electron chi connectivity index (χ2n) is 6.14. The normalized spacial score (nSPS) is 12.4. The average molecular weight is 341 g/mol. The Balaban J connectivity index is 1.46. The van der Waals surface area contributed by atoms with Crippen molar-refractivity contribution < 1.29 is 9.32 Å². The van der Waals surface area contributed by atoms with Gasteiger partial charge in [0.1, 0.15) is 5.82 Å². The number of aromatic amines is 1. The Morgan fingerprint density at radius 3 is 2.92 bits per heavy atom. The van der Waals surface area contributed by atoms with Crippen molar-refractivity contribution in [2.75, 3.05) is 0 Å². The van der Waals surface area contributed by atoms with Gasteiger partial charge in [0.15, 0.2) is 5.82 Å². The van der Waals surface area contributed by atoms with Gasteiger partial charge in [-0.2, -0.15) is 4.98 Å². The molecular weight excluding hydrogens is 318 g/mol. The van der Waals surface area contributed by atoms with E-state index in [4.69, 9.17) is 4.52 Å². The lowest BCUT2D eigenvalue weighted by atomic mass is 10.2. The summed E-state index contributed by atoms with van der Waals surface area (Å²) in [5.74, 6) is 2.08. The molecule has 7 heteroatoms. The molecule has 25 heavy (non-hydrogen) atoms. The second-order valence-corrected chi connectivity index (χ2v) is 6.14. The number of imidazole rings is 1. The smallest absolute Gasteiger partial charge is 0.226 e. The summed E-state index contributed by atoms with van der Waals surface area (Å²) < 4.78 is 5.18. The highest BCUT2D eigenvalue weighted by Crippen LogP contribution is 2.15. The molecule has 2 aromatic heterocycles. The maximum Gasteiger partial charge on any atom is 0.226 e. The first-order valence-corrected chi connectivity index (χ1v) is 8.71. The van der Waals surface area contributed by atoms with E-state index in [0.29, 0.717) is 25.2 Å². The summed E-state index contributed by atoms with van der Waals surface area (Å²) in [5.41, 5.74) is 1.87. The van der Waals surface area contributed by atoms with Gasteiger partial charge in [-0.05, 0) is 31.9 Å². The molecular formula is C18H23N5O2. The van der Waals surface area contributed by atoms with Crippen LogP contribution in [0.15, 0.2) is 28.8 Å². The minimum absolute atomic E-state index is 0.0127. The predicted molar refractivity (Wildman–Crippen MR) is 93.9 cm³/mol. The fourth-order valence-electron chi connectivity index (χ4n) is 2.68. The van der Waals surface area contributed by atoms with Crippen LogP contribution in [0.5, 0.6) is 0 Å². The number of carbonyl (C=O) groups excluding carboxylic acids is 1. The molecule has 1 amide bonds. The first kappa shape index (κ1) is 17.1. The summed E-state index contributed by atoms with van der Waals surface area (Å²) in [7, 11) is 0. The number of aromatic nitrogens is 4. The van der Waals surface area contributed by atoms with Crippen LogP contribution in [0.2, 0.25) is 0 Å². The van der Waals surface area contributed by atoms with Crippen LogP contribution in [0.4, 0.5) is 0 Å². The molecule has 0 saturated carbocycles. The molecule has 132 valence electrons. The zero-order chi connectivity index (χ0) is 17.6. The number of rotatable bonds is 8. The monoisotopic (exact) mass is 341 g/mol. The van der Waals surface area contributed by atoms with Gasteiger partial charge in [-0.1, -0.05) is 24.2 Å². The largest absolute Gasteiger partial charge is 0.346 e. The first-order chi connectivity index (χ1) is 12.2. The third kappa shape index (κ3) is 4.43. The van der Waals surface area contributed by atoms with Crippen molar-refractivity contribution in [3.63, 3.8) is 0 Å². The Kier molecular flexibility index (Phi) is 5.42. The number of benzene rings is 1. The number of hydrogen-bond acceptors (Lipinski definition) is 5. The molecule has 0 bridgehead atoms. The van der Waals surface area contributed by atoms with Gasteiger partial charge < -0.3 is 14.8 Å². The number of hydrogen-bond donors (Lipinski definition) is 2. The summed E-state index contributed by atoms with van der Waals surface area (Å²) in [6, 6.07) is 7.65. The van der Waals surface area contributed by atoms with Crippen LogP contribution in [0, 0.1) is 0 Å². The topological polar surface area (TPSA) is 96.7 Å². The van der Waals surface area contributed by atoms with Gasteiger partial charge in [0.2, 0.25) is 11.8 Å². The van der Waals surface area contributed by atoms with Gasteiger partial charge in [0.25, 0.3) is 0 Å². The Bertz CT molecular complexity index is 806. The predicted octanol–water partition coefficient (Wildman–Crippen LogP) is 3.10. The molecule has 0 fully saturated rings. The highest BCUT2D eigenvalue weighted by molar-refractivity contribution is 5.77.